The monoisotopic (exact) mass is 190 g/mol. The maximum absolute atomic E-state index is 13.2. The highest BCUT2D eigenvalue weighted by Gasteiger charge is 2.27. The minimum Gasteiger partial charge on any atom is -0.388 e. The van der Waals surface area contributed by atoms with E-state index in [-0.39, 0.29) is 12.7 Å². The summed E-state index contributed by atoms with van der Waals surface area (Å²) in [5, 5.41) is 9.39. The lowest BCUT2D eigenvalue weighted by Crippen LogP contribution is -2.35. The van der Waals surface area contributed by atoms with Gasteiger partial charge in [0.1, 0.15) is 6.17 Å². The number of rotatable bonds is 3. The SMILES string of the molecule is CC(C)(O)CO[C@@H]1CCCC[C@@H]1F. The fourth-order valence-electron chi connectivity index (χ4n) is 1.55. The highest BCUT2D eigenvalue weighted by Crippen LogP contribution is 2.24. The normalized spacial score (nSPS) is 30.5. The molecule has 1 rings (SSSR count). The molecule has 1 aliphatic carbocycles. The van der Waals surface area contributed by atoms with Crippen LogP contribution in [0, 0.1) is 0 Å². The van der Waals surface area contributed by atoms with Gasteiger partial charge < -0.3 is 9.84 Å². The Kier molecular flexibility index (Phi) is 3.68. The van der Waals surface area contributed by atoms with Crippen molar-refractivity contribution in [3.63, 3.8) is 0 Å². The maximum Gasteiger partial charge on any atom is 0.126 e. The van der Waals surface area contributed by atoms with Gasteiger partial charge in [0.25, 0.3) is 0 Å². The Morgan fingerprint density at radius 1 is 1.38 bits per heavy atom. The van der Waals surface area contributed by atoms with E-state index in [0.29, 0.717) is 6.42 Å². The second-order valence-corrected chi connectivity index (χ2v) is 4.46. The molecule has 3 heteroatoms. The van der Waals surface area contributed by atoms with Crippen LogP contribution < -0.4 is 0 Å². The largest absolute Gasteiger partial charge is 0.388 e. The van der Waals surface area contributed by atoms with Gasteiger partial charge in [0, 0.05) is 0 Å². The predicted octanol–water partition coefficient (Wildman–Crippen LogP) is 2.05. The average Bonchev–Trinajstić information content (AvgIpc) is 2.01. The minimum atomic E-state index is -0.850. The Bertz CT molecular complexity index is 153. The molecule has 0 aliphatic heterocycles. The molecule has 0 aromatic rings. The van der Waals surface area contributed by atoms with Gasteiger partial charge in [-0.2, -0.15) is 0 Å². The number of hydrogen-bond acceptors (Lipinski definition) is 2. The van der Waals surface area contributed by atoms with Crippen LogP contribution in [-0.2, 0) is 4.74 Å². The van der Waals surface area contributed by atoms with Gasteiger partial charge in [0.05, 0.1) is 18.3 Å². The summed E-state index contributed by atoms with van der Waals surface area (Å²) in [4.78, 5) is 0. The van der Waals surface area contributed by atoms with Crippen molar-refractivity contribution in [3.05, 3.63) is 0 Å². The Labute approximate surface area is 79.1 Å². The molecule has 0 aromatic heterocycles. The third-order valence-corrected chi connectivity index (χ3v) is 2.27. The molecule has 78 valence electrons. The second-order valence-electron chi connectivity index (χ2n) is 4.46. The Morgan fingerprint density at radius 2 is 2.00 bits per heavy atom. The van der Waals surface area contributed by atoms with Crippen molar-refractivity contribution in [2.24, 2.45) is 0 Å². The van der Waals surface area contributed by atoms with Crippen molar-refractivity contribution in [2.75, 3.05) is 6.61 Å². The summed E-state index contributed by atoms with van der Waals surface area (Å²) in [6.45, 7) is 3.56. The van der Waals surface area contributed by atoms with Crippen molar-refractivity contribution in [1.82, 2.24) is 0 Å². The van der Waals surface area contributed by atoms with E-state index in [1.54, 1.807) is 13.8 Å². The van der Waals surface area contributed by atoms with E-state index in [9.17, 15) is 9.50 Å². The lowest BCUT2D eigenvalue weighted by Gasteiger charge is -2.28. The van der Waals surface area contributed by atoms with Crippen LogP contribution in [0.15, 0.2) is 0 Å². The highest BCUT2D eigenvalue weighted by molar-refractivity contribution is 4.76. The van der Waals surface area contributed by atoms with Crippen LogP contribution in [0.3, 0.4) is 0 Å². The zero-order chi connectivity index (χ0) is 9.90. The van der Waals surface area contributed by atoms with E-state index in [4.69, 9.17) is 4.74 Å². The Morgan fingerprint density at radius 3 is 2.54 bits per heavy atom. The Hall–Kier alpha value is -0.150. The van der Waals surface area contributed by atoms with Crippen molar-refractivity contribution < 1.29 is 14.2 Å². The zero-order valence-corrected chi connectivity index (χ0v) is 8.42. The third-order valence-electron chi connectivity index (χ3n) is 2.27. The summed E-state index contributed by atoms with van der Waals surface area (Å²) < 4.78 is 18.6. The van der Waals surface area contributed by atoms with E-state index in [2.05, 4.69) is 0 Å². The van der Waals surface area contributed by atoms with Gasteiger partial charge in [-0.25, -0.2) is 4.39 Å². The zero-order valence-electron chi connectivity index (χ0n) is 8.42. The third kappa shape index (κ3) is 4.05. The molecule has 0 radical (unpaired) electrons. The van der Waals surface area contributed by atoms with Gasteiger partial charge in [0.15, 0.2) is 0 Å². The summed E-state index contributed by atoms with van der Waals surface area (Å²) >= 11 is 0. The summed E-state index contributed by atoms with van der Waals surface area (Å²) in [6, 6.07) is 0. The molecular formula is C10H19FO2. The van der Waals surface area contributed by atoms with Gasteiger partial charge in [-0.3, -0.25) is 0 Å². The van der Waals surface area contributed by atoms with Crippen LogP contribution in [0.1, 0.15) is 39.5 Å². The molecule has 0 amide bonds. The van der Waals surface area contributed by atoms with Gasteiger partial charge in [-0.15, -0.1) is 0 Å². The first-order chi connectivity index (χ1) is 5.99. The van der Waals surface area contributed by atoms with Crippen LogP contribution in [0.4, 0.5) is 4.39 Å². The van der Waals surface area contributed by atoms with Gasteiger partial charge in [-0.1, -0.05) is 12.8 Å². The molecule has 0 spiro atoms. The predicted molar refractivity (Wildman–Crippen MR) is 49.4 cm³/mol. The highest BCUT2D eigenvalue weighted by atomic mass is 19.1. The van der Waals surface area contributed by atoms with Gasteiger partial charge >= 0.3 is 0 Å². The molecule has 13 heavy (non-hydrogen) atoms. The molecule has 1 N–H and O–H groups in total. The van der Waals surface area contributed by atoms with Gasteiger partial charge in [-0.05, 0) is 26.7 Å². The number of ether oxygens (including phenoxy) is 1. The van der Waals surface area contributed by atoms with Crippen LogP contribution in [-0.4, -0.2) is 29.6 Å². The maximum atomic E-state index is 13.2. The number of halogens is 1. The lowest BCUT2D eigenvalue weighted by atomic mass is 9.96. The van der Waals surface area contributed by atoms with Crippen LogP contribution in [0.2, 0.25) is 0 Å². The molecule has 0 aromatic carbocycles. The van der Waals surface area contributed by atoms with Crippen LogP contribution >= 0.6 is 0 Å². The summed E-state index contributed by atoms with van der Waals surface area (Å²) in [7, 11) is 0. The molecule has 0 unspecified atom stereocenters. The smallest absolute Gasteiger partial charge is 0.126 e. The molecule has 0 bridgehead atoms. The van der Waals surface area contributed by atoms with Crippen molar-refractivity contribution in [1.29, 1.82) is 0 Å². The van der Waals surface area contributed by atoms with E-state index in [1.807, 2.05) is 0 Å². The number of alkyl halides is 1. The summed E-state index contributed by atoms with van der Waals surface area (Å²) in [6.07, 6.45) is 2.27. The first-order valence-electron chi connectivity index (χ1n) is 4.97. The molecule has 0 saturated heterocycles. The Balaban J connectivity index is 2.27. The first kappa shape index (κ1) is 10.9. The standard InChI is InChI=1S/C10H19FO2/c1-10(2,12)7-13-9-6-4-3-5-8(9)11/h8-9,12H,3-7H2,1-2H3/t8-,9+/m0/s1. The lowest BCUT2D eigenvalue weighted by molar-refractivity contribution is -0.0863. The summed E-state index contributed by atoms with van der Waals surface area (Å²) in [5.41, 5.74) is -0.850. The van der Waals surface area contributed by atoms with Crippen LogP contribution in [0.25, 0.3) is 0 Å². The van der Waals surface area contributed by atoms with Crippen LogP contribution in [0.5, 0.6) is 0 Å². The molecule has 1 fully saturated rings. The molecule has 1 saturated carbocycles. The van der Waals surface area contributed by atoms with Crippen molar-refractivity contribution in [3.8, 4) is 0 Å². The molecule has 1 aliphatic rings. The molecule has 0 heterocycles. The number of aliphatic hydroxyl groups is 1. The van der Waals surface area contributed by atoms with Crippen molar-refractivity contribution >= 4 is 0 Å². The molecular weight excluding hydrogens is 171 g/mol. The molecule has 2 atom stereocenters. The second kappa shape index (κ2) is 4.38. The fraction of sp³-hybridized carbons (Fsp3) is 1.00. The summed E-state index contributed by atoms with van der Waals surface area (Å²) in [5.74, 6) is 0. The van der Waals surface area contributed by atoms with E-state index in [0.717, 1.165) is 19.3 Å². The fourth-order valence-corrected chi connectivity index (χ4v) is 1.55. The first-order valence-corrected chi connectivity index (χ1v) is 4.97. The van der Waals surface area contributed by atoms with Gasteiger partial charge in [0.2, 0.25) is 0 Å². The van der Waals surface area contributed by atoms with E-state index < -0.39 is 11.8 Å². The average molecular weight is 190 g/mol. The van der Waals surface area contributed by atoms with Crippen molar-refractivity contribution in [2.45, 2.75) is 57.4 Å². The minimum absolute atomic E-state index is 0.220. The quantitative estimate of drug-likeness (QED) is 0.738. The van der Waals surface area contributed by atoms with E-state index >= 15 is 0 Å². The number of hydrogen-bond donors (Lipinski definition) is 1. The molecule has 2 nitrogen and oxygen atoms in total. The topological polar surface area (TPSA) is 29.5 Å². The van der Waals surface area contributed by atoms with E-state index in [1.165, 1.54) is 0 Å².